The number of hydrogen-bond acceptors (Lipinski definition) is 0. The summed E-state index contributed by atoms with van der Waals surface area (Å²) in [6.45, 7) is 2.28. The third-order valence-corrected chi connectivity index (χ3v) is 3.78. The van der Waals surface area contributed by atoms with E-state index in [1.807, 2.05) is 0 Å². The topological polar surface area (TPSA) is 0 Å². The van der Waals surface area contributed by atoms with Crippen molar-refractivity contribution in [2.24, 2.45) is 0 Å². The number of alkyl halides is 1. The maximum absolute atomic E-state index is 3.74. The quantitative estimate of drug-likeness (QED) is 0.437. The maximum atomic E-state index is 3.74. The Morgan fingerprint density at radius 3 is 2.33 bits per heavy atom. The van der Waals surface area contributed by atoms with Crippen LogP contribution in [0.3, 0.4) is 0 Å². The van der Waals surface area contributed by atoms with Gasteiger partial charge in [-0.15, -0.1) is 0 Å². The molecule has 9 heavy (non-hydrogen) atoms. The van der Waals surface area contributed by atoms with Gasteiger partial charge in [-0.25, -0.2) is 0 Å². The third-order valence-electron chi connectivity index (χ3n) is 2.39. The molecule has 0 aromatic rings. The van der Waals surface area contributed by atoms with E-state index in [0.717, 1.165) is 0 Å². The van der Waals surface area contributed by atoms with Crippen LogP contribution in [0.1, 0.15) is 32.6 Å². The number of allylic oxidation sites excluding steroid dienone is 2. The first-order valence-corrected chi connectivity index (χ1v) is 4.40. The molecule has 50 valence electrons. The highest BCUT2D eigenvalue weighted by Gasteiger charge is 2.43. The molecule has 0 N–H and O–H groups in total. The van der Waals surface area contributed by atoms with Gasteiger partial charge < -0.3 is 0 Å². The number of halogens is 1. The minimum atomic E-state index is 0.485. The Kier molecular flexibility index (Phi) is 1.08. The van der Waals surface area contributed by atoms with Gasteiger partial charge in [0, 0.05) is 4.32 Å². The first-order valence-electron chi connectivity index (χ1n) is 3.60. The standard InChI is InChI=1S/C8H11Br/c1-6(7-2-3-7)8(9)4-5-8/h2-5H2,1H3. The van der Waals surface area contributed by atoms with Crippen LogP contribution in [0.25, 0.3) is 0 Å². The minimum absolute atomic E-state index is 0.485. The highest BCUT2D eigenvalue weighted by molar-refractivity contribution is 9.10. The summed E-state index contributed by atoms with van der Waals surface area (Å²) in [6.07, 6.45) is 5.48. The minimum Gasteiger partial charge on any atom is -0.0805 e. The summed E-state index contributed by atoms with van der Waals surface area (Å²) in [5.41, 5.74) is 3.35. The maximum Gasteiger partial charge on any atom is 0.0467 e. The van der Waals surface area contributed by atoms with Crippen LogP contribution in [0.4, 0.5) is 0 Å². The first kappa shape index (κ1) is 5.96. The fourth-order valence-electron chi connectivity index (χ4n) is 1.24. The molecule has 0 saturated heterocycles. The molecule has 2 saturated carbocycles. The van der Waals surface area contributed by atoms with Crippen molar-refractivity contribution in [3.63, 3.8) is 0 Å². The zero-order chi connectivity index (χ0) is 6.48. The van der Waals surface area contributed by atoms with Gasteiger partial charge in [-0.1, -0.05) is 27.1 Å². The molecule has 0 spiro atoms. The van der Waals surface area contributed by atoms with E-state index in [0.29, 0.717) is 4.32 Å². The molecule has 0 heterocycles. The lowest BCUT2D eigenvalue weighted by molar-refractivity contribution is 1.08. The van der Waals surface area contributed by atoms with Gasteiger partial charge in [-0.05, 0) is 32.6 Å². The zero-order valence-electron chi connectivity index (χ0n) is 5.71. The van der Waals surface area contributed by atoms with E-state index in [9.17, 15) is 0 Å². The van der Waals surface area contributed by atoms with Crippen LogP contribution in [0.5, 0.6) is 0 Å². The van der Waals surface area contributed by atoms with E-state index in [1.54, 1.807) is 11.1 Å². The summed E-state index contributed by atoms with van der Waals surface area (Å²) in [5.74, 6) is 0. The average Bonchev–Trinajstić information content (AvgIpc) is 2.54. The Labute approximate surface area is 64.5 Å². The summed E-state index contributed by atoms with van der Waals surface area (Å²) >= 11 is 3.74. The molecule has 2 rings (SSSR count). The molecular formula is C8H11Br. The SMILES string of the molecule is CC(=C1CC1)C1(Br)CC1. The largest absolute Gasteiger partial charge is 0.0805 e. The lowest BCUT2D eigenvalue weighted by Gasteiger charge is -2.04. The Hall–Kier alpha value is 0.220. The highest BCUT2D eigenvalue weighted by atomic mass is 79.9. The second kappa shape index (κ2) is 1.63. The van der Waals surface area contributed by atoms with E-state index in [2.05, 4.69) is 22.9 Å². The molecule has 0 radical (unpaired) electrons. The summed E-state index contributed by atoms with van der Waals surface area (Å²) in [4.78, 5) is 0. The van der Waals surface area contributed by atoms with Gasteiger partial charge in [0.2, 0.25) is 0 Å². The van der Waals surface area contributed by atoms with Gasteiger partial charge in [0.05, 0.1) is 0 Å². The van der Waals surface area contributed by atoms with Gasteiger partial charge in [0.1, 0.15) is 0 Å². The molecule has 2 aliphatic rings. The second-order valence-electron chi connectivity index (χ2n) is 3.19. The van der Waals surface area contributed by atoms with Crippen molar-refractivity contribution in [2.75, 3.05) is 0 Å². The average molecular weight is 187 g/mol. The molecule has 2 fully saturated rings. The molecule has 0 atom stereocenters. The van der Waals surface area contributed by atoms with Crippen LogP contribution >= 0.6 is 15.9 Å². The van der Waals surface area contributed by atoms with Crippen molar-refractivity contribution in [3.05, 3.63) is 11.1 Å². The molecule has 2 aliphatic carbocycles. The molecular weight excluding hydrogens is 176 g/mol. The van der Waals surface area contributed by atoms with Crippen molar-refractivity contribution in [3.8, 4) is 0 Å². The van der Waals surface area contributed by atoms with E-state index in [1.165, 1.54) is 25.7 Å². The van der Waals surface area contributed by atoms with Crippen LogP contribution < -0.4 is 0 Å². The first-order chi connectivity index (χ1) is 4.22. The van der Waals surface area contributed by atoms with Crippen molar-refractivity contribution in [2.45, 2.75) is 36.9 Å². The smallest absolute Gasteiger partial charge is 0.0467 e. The summed E-state index contributed by atoms with van der Waals surface area (Å²) in [7, 11) is 0. The van der Waals surface area contributed by atoms with Crippen LogP contribution in [0.2, 0.25) is 0 Å². The van der Waals surface area contributed by atoms with Crippen LogP contribution in [0, 0.1) is 0 Å². The van der Waals surface area contributed by atoms with Gasteiger partial charge >= 0.3 is 0 Å². The van der Waals surface area contributed by atoms with Crippen molar-refractivity contribution >= 4 is 15.9 Å². The lowest BCUT2D eigenvalue weighted by atomic mass is 10.2. The summed E-state index contributed by atoms with van der Waals surface area (Å²) in [6, 6.07) is 0. The predicted molar refractivity (Wildman–Crippen MR) is 42.8 cm³/mol. The van der Waals surface area contributed by atoms with E-state index in [-0.39, 0.29) is 0 Å². The Morgan fingerprint density at radius 1 is 1.44 bits per heavy atom. The second-order valence-corrected chi connectivity index (χ2v) is 4.71. The third kappa shape index (κ3) is 0.958. The van der Waals surface area contributed by atoms with Crippen LogP contribution in [0.15, 0.2) is 11.1 Å². The molecule has 0 nitrogen and oxygen atoms in total. The molecule has 1 heteroatoms. The fourth-order valence-corrected chi connectivity index (χ4v) is 1.72. The highest BCUT2D eigenvalue weighted by Crippen LogP contribution is 2.54. The molecule has 0 aromatic carbocycles. The molecule has 0 aromatic heterocycles. The van der Waals surface area contributed by atoms with E-state index < -0.39 is 0 Å². The molecule has 0 bridgehead atoms. The lowest BCUT2D eigenvalue weighted by Crippen LogP contribution is -1.97. The van der Waals surface area contributed by atoms with Crippen molar-refractivity contribution in [1.29, 1.82) is 0 Å². The van der Waals surface area contributed by atoms with Crippen LogP contribution in [-0.2, 0) is 0 Å². The Balaban J connectivity index is 2.21. The Morgan fingerprint density at radius 2 is 2.00 bits per heavy atom. The van der Waals surface area contributed by atoms with Gasteiger partial charge in [-0.3, -0.25) is 0 Å². The number of hydrogen-bond donors (Lipinski definition) is 0. The van der Waals surface area contributed by atoms with Gasteiger partial charge in [-0.2, -0.15) is 0 Å². The van der Waals surface area contributed by atoms with E-state index in [4.69, 9.17) is 0 Å². The molecule has 0 aliphatic heterocycles. The Bertz CT molecular complexity index is 169. The van der Waals surface area contributed by atoms with E-state index >= 15 is 0 Å². The van der Waals surface area contributed by atoms with Gasteiger partial charge in [0.15, 0.2) is 0 Å². The van der Waals surface area contributed by atoms with Crippen molar-refractivity contribution in [1.82, 2.24) is 0 Å². The summed E-state index contributed by atoms with van der Waals surface area (Å²) in [5, 5.41) is 0. The fraction of sp³-hybridized carbons (Fsp3) is 0.750. The van der Waals surface area contributed by atoms with Crippen LogP contribution in [-0.4, -0.2) is 4.32 Å². The monoisotopic (exact) mass is 186 g/mol. The van der Waals surface area contributed by atoms with Crippen molar-refractivity contribution < 1.29 is 0 Å². The van der Waals surface area contributed by atoms with Gasteiger partial charge in [0.25, 0.3) is 0 Å². The summed E-state index contributed by atoms with van der Waals surface area (Å²) < 4.78 is 0.485. The molecule has 0 unspecified atom stereocenters. The zero-order valence-corrected chi connectivity index (χ0v) is 7.29. The number of rotatable bonds is 1. The molecule has 0 amide bonds. The normalized spacial score (nSPS) is 28.0. The predicted octanol–water partition coefficient (Wildman–Crippen LogP) is 3.02.